The maximum Gasteiger partial charge on any atom is 0.270 e. The Morgan fingerprint density at radius 3 is 2.67 bits per heavy atom. The van der Waals surface area contributed by atoms with E-state index in [9.17, 15) is 4.79 Å². The fourth-order valence-corrected chi connectivity index (χ4v) is 2.70. The number of hydrogen-bond acceptors (Lipinski definition) is 3. The maximum absolute atomic E-state index is 12.5. The average Bonchev–Trinajstić information content (AvgIpc) is 2.90. The molecule has 0 fully saturated rings. The fourth-order valence-electron chi connectivity index (χ4n) is 2.70. The van der Waals surface area contributed by atoms with E-state index < -0.39 is 0 Å². The monoisotopic (exact) mass is 322 g/mol. The number of rotatable bonds is 6. The largest absolute Gasteiger partial charge is 0.385 e. The van der Waals surface area contributed by atoms with Crippen molar-refractivity contribution in [2.75, 3.05) is 18.4 Å². The van der Waals surface area contributed by atoms with Gasteiger partial charge in [0.25, 0.3) is 5.91 Å². The van der Waals surface area contributed by atoms with E-state index in [1.54, 1.807) is 0 Å². The third-order valence-corrected chi connectivity index (χ3v) is 3.90. The second-order valence-electron chi connectivity index (χ2n) is 5.88. The first-order valence-corrected chi connectivity index (χ1v) is 8.17. The second kappa shape index (κ2) is 7.17. The van der Waals surface area contributed by atoms with Gasteiger partial charge in [0.15, 0.2) is 0 Å². The summed E-state index contributed by atoms with van der Waals surface area (Å²) in [5, 5.41) is 6.32. The standard InChI is InChI=1S/C19H22N4O/c1-14-9-10-17-22-15(2)18(23(17)13-14)19(24)21-12-6-11-20-16-7-4-3-5-8-16/h3-5,7-10,13,20H,6,11-12H2,1-2H3,(H,21,24). The first-order chi connectivity index (χ1) is 11.6. The highest BCUT2D eigenvalue weighted by Gasteiger charge is 2.15. The summed E-state index contributed by atoms with van der Waals surface area (Å²) >= 11 is 0. The number of fused-ring (bicyclic) bond motifs is 1. The number of nitrogens with zero attached hydrogens (tertiary/aromatic N) is 2. The van der Waals surface area contributed by atoms with Crippen LogP contribution >= 0.6 is 0 Å². The molecule has 0 aliphatic rings. The molecule has 5 nitrogen and oxygen atoms in total. The molecule has 0 saturated carbocycles. The zero-order valence-electron chi connectivity index (χ0n) is 14.0. The van der Waals surface area contributed by atoms with Gasteiger partial charge in [-0.2, -0.15) is 0 Å². The molecule has 0 aliphatic heterocycles. The average molecular weight is 322 g/mol. The van der Waals surface area contributed by atoms with Crippen LogP contribution in [0.4, 0.5) is 5.69 Å². The Hall–Kier alpha value is -2.82. The summed E-state index contributed by atoms with van der Waals surface area (Å²) in [7, 11) is 0. The van der Waals surface area contributed by atoms with Crippen LogP contribution in [0, 0.1) is 13.8 Å². The molecule has 3 aromatic rings. The number of imidazole rings is 1. The summed E-state index contributed by atoms with van der Waals surface area (Å²) in [6.45, 7) is 5.31. The molecule has 5 heteroatoms. The van der Waals surface area contributed by atoms with Gasteiger partial charge >= 0.3 is 0 Å². The van der Waals surface area contributed by atoms with Gasteiger partial charge in [0.2, 0.25) is 0 Å². The minimum atomic E-state index is -0.0784. The highest BCUT2D eigenvalue weighted by atomic mass is 16.1. The van der Waals surface area contributed by atoms with Crippen LogP contribution < -0.4 is 10.6 Å². The van der Waals surface area contributed by atoms with E-state index >= 15 is 0 Å². The van der Waals surface area contributed by atoms with E-state index in [1.165, 1.54) is 0 Å². The predicted octanol–water partition coefficient (Wildman–Crippen LogP) is 3.18. The maximum atomic E-state index is 12.5. The molecule has 0 bridgehead atoms. The van der Waals surface area contributed by atoms with E-state index in [0.717, 1.165) is 35.6 Å². The number of amides is 1. The van der Waals surface area contributed by atoms with E-state index in [4.69, 9.17) is 0 Å². The number of carbonyl (C=O) groups is 1. The highest BCUT2D eigenvalue weighted by molar-refractivity contribution is 5.94. The molecule has 1 aromatic carbocycles. The van der Waals surface area contributed by atoms with Crippen molar-refractivity contribution in [3.05, 3.63) is 65.6 Å². The van der Waals surface area contributed by atoms with Crippen molar-refractivity contribution >= 4 is 17.2 Å². The topological polar surface area (TPSA) is 58.4 Å². The molecule has 0 radical (unpaired) electrons. The van der Waals surface area contributed by atoms with Crippen molar-refractivity contribution in [1.82, 2.24) is 14.7 Å². The molecule has 3 rings (SSSR count). The lowest BCUT2D eigenvalue weighted by molar-refractivity contribution is 0.0947. The van der Waals surface area contributed by atoms with Gasteiger partial charge in [-0.15, -0.1) is 0 Å². The molecule has 2 heterocycles. The van der Waals surface area contributed by atoms with Gasteiger partial charge in [-0.1, -0.05) is 24.3 Å². The minimum Gasteiger partial charge on any atom is -0.385 e. The fraction of sp³-hybridized carbons (Fsp3) is 0.263. The van der Waals surface area contributed by atoms with Crippen molar-refractivity contribution in [2.24, 2.45) is 0 Å². The van der Waals surface area contributed by atoms with Crippen LogP contribution in [0.1, 0.15) is 28.2 Å². The number of carbonyl (C=O) groups excluding carboxylic acids is 1. The van der Waals surface area contributed by atoms with Gasteiger partial charge in [0.05, 0.1) is 5.69 Å². The van der Waals surface area contributed by atoms with E-state index in [-0.39, 0.29) is 5.91 Å². The Balaban J connectivity index is 1.56. The first kappa shape index (κ1) is 16.1. The number of anilines is 1. The van der Waals surface area contributed by atoms with Crippen LogP contribution in [-0.2, 0) is 0 Å². The van der Waals surface area contributed by atoms with E-state index in [2.05, 4.69) is 15.6 Å². The van der Waals surface area contributed by atoms with Crippen LogP contribution in [0.15, 0.2) is 48.7 Å². The lowest BCUT2D eigenvalue weighted by atomic mass is 10.3. The molecule has 0 saturated heterocycles. The highest BCUT2D eigenvalue weighted by Crippen LogP contribution is 2.13. The third-order valence-electron chi connectivity index (χ3n) is 3.90. The molecule has 0 atom stereocenters. The first-order valence-electron chi connectivity index (χ1n) is 8.17. The van der Waals surface area contributed by atoms with Gasteiger partial charge in [-0.05, 0) is 44.0 Å². The number of aromatic nitrogens is 2. The zero-order chi connectivity index (χ0) is 16.9. The van der Waals surface area contributed by atoms with Gasteiger partial charge in [0.1, 0.15) is 11.3 Å². The Morgan fingerprint density at radius 1 is 1.08 bits per heavy atom. The van der Waals surface area contributed by atoms with Crippen LogP contribution in [0.25, 0.3) is 5.65 Å². The Labute approximate surface area is 141 Å². The molecular formula is C19H22N4O. The zero-order valence-corrected chi connectivity index (χ0v) is 14.0. The molecule has 1 amide bonds. The van der Waals surface area contributed by atoms with Crippen molar-refractivity contribution in [2.45, 2.75) is 20.3 Å². The third kappa shape index (κ3) is 3.56. The Morgan fingerprint density at radius 2 is 1.88 bits per heavy atom. The number of nitrogens with one attached hydrogen (secondary N) is 2. The summed E-state index contributed by atoms with van der Waals surface area (Å²) in [6.07, 6.45) is 2.80. The van der Waals surface area contributed by atoms with Crippen LogP contribution in [0.2, 0.25) is 0 Å². The lowest BCUT2D eigenvalue weighted by Crippen LogP contribution is -2.27. The molecule has 2 N–H and O–H groups in total. The van der Waals surface area contributed by atoms with Crippen molar-refractivity contribution < 1.29 is 4.79 Å². The SMILES string of the molecule is Cc1ccc2nc(C)c(C(=O)NCCCNc3ccccc3)n2c1. The molecule has 2 aromatic heterocycles. The van der Waals surface area contributed by atoms with Crippen molar-refractivity contribution in [1.29, 1.82) is 0 Å². The summed E-state index contributed by atoms with van der Waals surface area (Å²) < 4.78 is 1.86. The smallest absolute Gasteiger partial charge is 0.270 e. The summed E-state index contributed by atoms with van der Waals surface area (Å²) in [5.41, 5.74) is 4.36. The molecule has 0 aliphatic carbocycles. The van der Waals surface area contributed by atoms with E-state index in [1.807, 2.05) is 66.9 Å². The van der Waals surface area contributed by atoms with Gasteiger partial charge in [0, 0.05) is 25.0 Å². The number of para-hydroxylation sites is 1. The molecule has 124 valence electrons. The summed E-state index contributed by atoms with van der Waals surface area (Å²) in [5.74, 6) is -0.0784. The Bertz CT molecular complexity index is 839. The molecular weight excluding hydrogens is 300 g/mol. The molecule has 24 heavy (non-hydrogen) atoms. The minimum absolute atomic E-state index is 0.0784. The Kier molecular flexibility index (Phi) is 4.79. The normalized spacial score (nSPS) is 10.8. The van der Waals surface area contributed by atoms with Crippen LogP contribution in [0.3, 0.4) is 0 Å². The number of pyridine rings is 1. The summed E-state index contributed by atoms with van der Waals surface area (Å²) in [4.78, 5) is 16.9. The number of hydrogen-bond donors (Lipinski definition) is 2. The summed E-state index contributed by atoms with van der Waals surface area (Å²) in [6, 6.07) is 14.0. The van der Waals surface area contributed by atoms with Crippen LogP contribution in [0.5, 0.6) is 0 Å². The quantitative estimate of drug-likeness (QED) is 0.685. The lowest BCUT2D eigenvalue weighted by Gasteiger charge is -2.08. The van der Waals surface area contributed by atoms with Gasteiger partial charge < -0.3 is 10.6 Å². The molecule has 0 unspecified atom stereocenters. The number of aryl methyl sites for hydroxylation is 2. The van der Waals surface area contributed by atoms with Gasteiger partial charge in [-0.3, -0.25) is 9.20 Å². The van der Waals surface area contributed by atoms with Crippen LogP contribution in [-0.4, -0.2) is 28.4 Å². The number of benzene rings is 1. The van der Waals surface area contributed by atoms with Gasteiger partial charge in [-0.25, -0.2) is 4.98 Å². The van der Waals surface area contributed by atoms with Crippen molar-refractivity contribution in [3.63, 3.8) is 0 Å². The second-order valence-corrected chi connectivity index (χ2v) is 5.88. The molecule has 0 spiro atoms. The van der Waals surface area contributed by atoms with E-state index in [0.29, 0.717) is 12.2 Å². The van der Waals surface area contributed by atoms with Crippen molar-refractivity contribution in [3.8, 4) is 0 Å². The predicted molar refractivity (Wildman–Crippen MR) is 96.5 cm³/mol.